The Balaban J connectivity index is 1.65. The average molecular weight is 477 g/mol. The maximum atomic E-state index is 13.1. The van der Waals surface area contributed by atoms with E-state index in [1.54, 1.807) is 18.2 Å². The van der Waals surface area contributed by atoms with Crippen molar-refractivity contribution >= 4 is 21.6 Å². The lowest BCUT2D eigenvalue weighted by Gasteiger charge is -2.26. The quantitative estimate of drug-likeness (QED) is 0.654. The van der Waals surface area contributed by atoms with Crippen molar-refractivity contribution in [3.63, 3.8) is 0 Å². The summed E-state index contributed by atoms with van der Waals surface area (Å²) in [5, 5.41) is 2.79. The van der Waals surface area contributed by atoms with Crippen LogP contribution in [-0.4, -0.2) is 58.7 Å². The molecule has 1 saturated heterocycles. The number of carbonyl (C=O) groups is 1. The number of nitrogens with one attached hydrogen (secondary N) is 1. The van der Waals surface area contributed by atoms with Crippen LogP contribution in [0.3, 0.4) is 0 Å². The second-order valence-corrected chi connectivity index (χ2v) is 9.65. The van der Waals surface area contributed by atoms with Crippen molar-refractivity contribution in [1.29, 1.82) is 0 Å². The fourth-order valence-electron chi connectivity index (χ4n) is 3.90. The van der Waals surface area contributed by atoms with Crippen LogP contribution < -0.4 is 24.3 Å². The van der Waals surface area contributed by atoms with E-state index in [1.165, 1.54) is 23.5 Å². The molecule has 9 nitrogen and oxygen atoms in total. The standard InChI is InChI=1S/C23H28N2O7S/c1-3-30-19-8-7-17(33(27,28)25-9-5-4-6-10-25)15-18(19)24-23(26)16-13-20(29-2)22-21(14-16)31-11-12-32-22/h7-8,13-15H,3-6,9-12H2,1-2H3,(H,24,26). The van der Waals surface area contributed by atoms with E-state index in [0.717, 1.165) is 19.3 Å². The Labute approximate surface area is 193 Å². The van der Waals surface area contributed by atoms with Crippen LogP contribution in [-0.2, 0) is 10.0 Å². The first kappa shape index (κ1) is 23.2. The maximum Gasteiger partial charge on any atom is 0.256 e. The summed E-state index contributed by atoms with van der Waals surface area (Å²) in [6.45, 7) is 3.92. The minimum absolute atomic E-state index is 0.114. The zero-order valence-corrected chi connectivity index (χ0v) is 19.6. The molecule has 2 aliphatic heterocycles. The van der Waals surface area contributed by atoms with Gasteiger partial charge in [-0.25, -0.2) is 8.42 Å². The molecule has 4 rings (SSSR count). The van der Waals surface area contributed by atoms with Gasteiger partial charge in [-0.1, -0.05) is 6.42 Å². The van der Waals surface area contributed by atoms with E-state index >= 15 is 0 Å². The number of nitrogens with zero attached hydrogens (tertiary/aromatic N) is 1. The minimum Gasteiger partial charge on any atom is -0.493 e. The number of benzene rings is 2. The number of carbonyl (C=O) groups excluding carboxylic acids is 1. The number of hydrogen-bond acceptors (Lipinski definition) is 7. The smallest absolute Gasteiger partial charge is 0.256 e. The Morgan fingerprint density at radius 2 is 1.82 bits per heavy atom. The van der Waals surface area contributed by atoms with E-state index in [-0.39, 0.29) is 16.1 Å². The average Bonchev–Trinajstić information content (AvgIpc) is 2.84. The predicted molar refractivity (Wildman–Crippen MR) is 122 cm³/mol. The van der Waals surface area contributed by atoms with Crippen molar-refractivity contribution < 1.29 is 32.2 Å². The molecule has 0 bridgehead atoms. The van der Waals surface area contributed by atoms with Crippen molar-refractivity contribution in [2.45, 2.75) is 31.1 Å². The van der Waals surface area contributed by atoms with Gasteiger partial charge in [0.1, 0.15) is 19.0 Å². The molecular formula is C23H28N2O7S. The summed E-state index contributed by atoms with van der Waals surface area (Å²) in [7, 11) is -2.19. The van der Waals surface area contributed by atoms with Crippen LogP contribution in [0, 0.1) is 0 Å². The van der Waals surface area contributed by atoms with E-state index in [9.17, 15) is 13.2 Å². The van der Waals surface area contributed by atoms with Crippen LogP contribution in [0.5, 0.6) is 23.0 Å². The Morgan fingerprint density at radius 1 is 1.06 bits per heavy atom. The van der Waals surface area contributed by atoms with Gasteiger partial charge in [0.25, 0.3) is 5.91 Å². The molecule has 1 N–H and O–H groups in total. The summed E-state index contributed by atoms with van der Waals surface area (Å²) >= 11 is 0. The van der Waals surface area contributed by atoms with E-state index < -0.39 is 15.9 Å². The molecule has 178 valence electrons. The van der Waals surface area contributed by atoms with E-state index in [2.05, 4.69) is 5.32 Å². The second kappa shape index (κ2) is 9.88. The first-order chi connectivity index (χ1) is 15.9. The Bertz CT molecular complexity index is 1110. The van der Waals surface area contributed by atoms with Crippen molar-refractivity contribution in [3.8, 4) is 23.0 Å². The van der Waals surface area contributed by atoms with Gasteiger partial charge in [0.2, 0.25) is 15.8 Å². The third-order valence-corrected chi connectivity index (χ3v) is 7.44. The summed E-state index contributed by atoms with van der Waals surface area (Å²) in [6, 6.07) is 7.65. The van der Waals surface area contributed by atoms with Gasteiger partial charge in [-0.3, -0.25) is 4.79 Å². The summed E-state index contributed by atoms with van der Waals surface area (Å²) in [4.78, 5) is 13.2. The fourth-order valence-corrected chi connectivity index (χ4v) is 5.45. The van der Waals surface area contributed by atoms with Crippen LogP contribution in [0.4, 0.5) is 5.69 Å². The Kier molecular flexibility index (Phi) is 6.94. The number of rotatable bonds is 7. The molecule has 1 fully saturated rings. The van der Waals surface area contributed by atoms with Gasteiger partial charge in [0, 0.05) is 18.7 Å². The van der Waals surface area contributed by atoms with Crippen LogP contribution in [0.1, 0.15) is 36.5 Å². The normalized spacial score (nSPS) is 16.2. The molecule has 2 aliphatic rings. The fraction of sp³-hybridized carbons (Fsp3) is 0.435. The van der Waals surface area contributed by atoms with Crippen LogP contribution in [0.2, 0.25) is 0 Å². The van der Waals surface area contributed by atoms with Gasteiger partial charge in [-0.15, -0.1) is 0 Å². The third-order valence-electron chi connectivity index (χ3n) is 5.54. The lowest BCUT2D eigenvalue weighted by atomic mass is 10.1. The van der Waals surface area contributed by atoms with Gasteiger partial charge in [-0.05, 0) is 50.1 Å². The van der Waals surface area contributed by atoms with Crippen molar-refractivity contribution in [2.24, 2.45) is 0 Å². The van der Waals surface area contributed by atoms with Crippen LogP contribution in [0.15, 0.2) is 35.2 Å². The van der Waals surface area contributed by atoms with Gasteiger partial charge in [-0.2, -0.15) is 4.31 Å². The lowest BCUT2D eigenvalue weighted by molar-refractivity contribution is 0.102. The molecule has 2 aromatic rings. The number of ether oxygens (including phenoxy) is 4. The van der Waals surface area contributed by atoms with E-state index in [4.69, 9.17) is 18.9 Å². The van der Waals surface area contributed by atoms with Crippen molar-refractivity contribution in [1.82, 2.24) is 4.31 Å². The molecule has 10 heteroatoms. The highest BCUT2D eigenvalue weighted by Crippen LogP contribution is 2.40. The first-order valence-electron chi connectivity index (χ1n) is 11.0. The van der Waals surface area contributed by atoms with Crippen LogP contribution >= 0.6 is 0 Å². The van der Waals surface area contributed by atoms with E-state index in [1.807, 2.05) is 6.92 Å². The lowest BCUT2D eigenvalue weighted by Crippen LogP contribution is -2.35. The monoisotopic (exact) mass is 476 g/mol. The molecule has 0 radical (unpaired) electrons. The molecule has 0 atom stereocenters. The van der Waals surface area contributed by atoms with Gasteiger partial charge >= 0.3 is 0 Å². The third kappa shape index (κ3) is 4.86. The molecule has 0 aliphatic carbocycles. The highest BCUT2D eigenvalue weighted by atomic mass is 32.2. The second-order valence-electron chi connectivity index (χ2n) is 7.71. The molecule has 2 aromatic carbocycles. The molecule has 2 heterocycles. The molecule has 33 heavy (non-hydrogen) atoms. The number of piperidine rings is 1. The zero-order valence-electron chi connectivity index (χ0n) is 18.8. The number of sulfonamides is 1. The van der Waals surface area contributed by atoms with Gasteiger partial charge < -0.3 is 24.3 Å². The SMILES string of the molecule is CCOc1ccc(S(=O)(=O)N2CCCCC2)cc1NC(=O)c1cc(OC)c2c(c1)OCCO2. The summed E-state index contributed by atoms with van der Waals surface area (Å²) in [5.74, 6) is 1.16. The topological polar surface area (TPSA) is 103 Å². The summed E-state index contributed by atoms with van der Waals surface area (Å²) in [6.07, 6.45) is 2.70. The molecule has 0 unspecified atom stereocenters. The molecular weight excluding hydrogens is 448 g/mol. The number of anilines is 1. The highest BCUT2D eigenvalue weighted by Gasteiger charge is 2.27. The number of hydrogen-bond donors (Lipinski definition) is 1. The van der Waals surface area contributed by atoms with Crippen molar-refractivity contribution in [2.75, 3.05) is 45.3 Å². The largest absolute Gasteiger partial charge is 0.493 e. The van der Waals surface area contributed by atoms with Gasteiger partial charge in [0.05, 0.1) is 24.3 Å². The Morgan fingerprint density at radius 3 is 2.55 bits per heavy atom. The van der Waals surface area contributed by atoms with Gasteiger partial charge in [0.15, 0.2) is 11.5 Å². The molecule has 0 aromatic heterocycles. The Hall–Kier alpha value is -2.98. The zero-order chi connectivity index (χ0) is 23.4. The molecule has 0 spiro atoms. The highest BCUT2D eigenvalue weighted by molar-refractivity contribution is 7.89. The molecule has 1 amide bonds. The number of fused-ring (bicyclic) bond motifs is 1. The summed E-state index contributed by atoms with van der Waals surface area (Å²) in [5.41, 5.74) is 0.552. The predicted octanol–water partition coefficient (Wildman–Crippen LogP) is 3.29. The summed E-state index contributed by atoms with van der Waals surface area (Å²) < 4.78 is 49.9. The maximum absolute atomic E-state index is 13.1. The van der Waals surface area contributed by atoms with E-state index in [0.29, 0.717) is 55.9 Å². The first-order valence-corrected chi connectivity index (χ1v) is 12.4. The number of methoxy groups -OCH3 is 1. The van der Waals surface area contributed by atoms with Crippen molar-refractivity contribution in [3.05, 3.63) is 35.9 Å². The van der Waals surface area contributed by atoms with Crippen LogP contribution in [0.25, 0.3) is 0 Å². The molecule has 0 saturated carbocycles. The minimum atomic E-state index is -3.67. The number of amides is 1.